The lowest BCUT2D eigenvalue weighted by atomic mass is 9.85. The SMILES string of the molecule is COc1ccc(C(=O)O[C@@H]2C[C@](C)(O)[C@H]3[C@H](O[C@@H]4O[C@H](CO)[C@@H](O)[C@H](O)[C@H]4O)OC=C[C@H]32)cc1. The van der Waals surface area contributed by atoms with Gasteiger partial charge in [0.15, 0.2) is 6.29 Å². The van der Waals surface area contributed by atoms with Crippen LogP contribution in [0.4, 0.5) is 0 Å². The van der Waals surface area contributed by atoms with Crippen molar-refractivity contribution in [2.75, 3.05) is 13.7 Å². The van der Waals surface area contributed by atoms with Crippen molar-refractivity contribution < 1.29 is 54.0 Å². The van der Waals surface area contributed by atoms with Crippen LogP contribution in [-0.4, -0.2) is 93.9 Å². The number of carbonyl (C=O) groups excluding carboxylic acids is 1. The monoisotopic (exact) mass is 482 g/mol. The average molecular weight is 482 g/mol. The first-order chi connectivity index (χ1) is 16.2. The summed E-state index contributed by atoms with van der Waals surface area (Å²) in [6.45, 7) is 0.960. The van der Waals surface area contributed by atoms with Gasteiger partial charge in [0.2, 0.25) is 6.29 Å². The van der Waals surface area contributed by atoms with Crippen LogP contribution in [0.25, 0.3) is 0 Å². The summed E-state index contributed by atoms with van der Waals surface area (Å²) < 4.78 is 27.5. The minimum Gasteiger partial charge on any atom is -0.497 e. The zero-order valence-electron chi connectivity index (χ0n) is 18.8. The second-order valence-electron chi connectivity index (χ2n) is 9.00. The van der Waals surface area contributed by atoms with Crippen molar-refractivity contribution in [3.05, 3.63) is 42.2 Å². The van der Waals surface area contributed by atoms with E-state index in [1.165, 1.54) is 13.4 Å². The zero-order valence-corrected chi connectivity index (χ0v) is 18.8. The van der Waals surface area contributed by atoms with Gasteiger partial charge in [-0.3, -0.25) is 0 Å². The van der Waals surface area contributed by atoms with Gasteiger partial charge in [-0.15, -0.1) is 0 Å². The Balaban J connectivity index is 1.48. The first-order valence-electron chi connectivity index (χ1n) is 11.0. The molecule has 1 saturated heterocycles. The van der Waals surface area contributed by atoms with Crippen molar-refractivity contribution in [3.63, 3.8) is 0 Å². The highest BCUT2D eigenvalue weighted by Gasteiger charge is 2.58. The Hall–Kier alpha value is -2.25. The summed E-state index contributed by atoms with van der Waals surface area (Å²) in [5.41, 5.74) is -1.05. The number of fused-ring (bicyclic) bond motifs is 1. The predicted molar refractivity (Wildman–Crippen MR) is 113 cm³/mol. The molecule has 0 radical (unpaired) electrons. The number of carbonyl (C=O) groups is 1. The Bertz CT molecular complexity index is 883. The van der Waals surface area contributed by atoms with E-state index >= 15 is 0 Å². The van der Waals surface area contributed by atoms with Crippen molar-refractivity contribution in [1.82, 2.24) is 0 Å². The lowest BCUT2D eigenvalue weighted by Gasteiger charge is -2.43. The van der Waals surface area contributed by atoms with Crippen molar-refractivity contribution in [2.24, 2.45) is 11.8 Å². The number of esters is 1. The fraction of sp³-hybridized carbons (Fsp3) is 0.609. The number of aliphatic hydroxyl groups excluding tert-OH is 4. The topological polar surface area (TPSA) is 164 Å². The first kappa shape index (κ1) is 24.9. The molecule has 1 aromatic rings. The van der Waals surface area contributed by atoms with Gasteiger partial charge in [-0.1, -0.05) is 0 Å². The highest BCUT2D eigenvalue weighted by atomic mass is 16.8. The second-order valence-corrected chi connectivity index (χ2v) is 9.00. The number of rotatable bonds is 6. The molecular formula is C23H30O11. The highest BCUT2D eigenvalue weighted by molar-refractivity contribution is 5.89. The van der Waals surface area contributed by atoms with Gasteiger partial charge in [-0.05, 0) is 37.3 Å². The Morgan fingerprint density at radius 1 is 1.12 bits per heavy atom. The van der Waals surface area contributed by atoms with Crippen LogP contribution in [0.3, 0.4) is 0 Å². The largest absolute Gasteiger partial charge is 0.497 e. The van der Waals surface area contributed by atoms with Gasteiger partial charge in [0, 0.05) is 12.3 Å². The fourth-order valence-electron chi connectivity index (χ4n) is 4.82. The van der Waals surface area contributed by atoms with Gasteiger partial charge in [0.25, 0.3) is 0 Å². The van der Waals surface area contributed by atoms with Gasteiger partial charge in [-0.2, -0.15) is 0 Å². The number of ether oxygens (including phenoxy) is 5. The van der Waals surface area contributed by atoms with E-state index in [0.29, 0.717) is 11.3 Å². The summed E-state index contributed by atoms with van der Waals surface area (Å²) in [5.74, 6) is -1.14. The van der Waals surface area contributed by atoms with E-state index in [0.717, 1.165) is 0 Å². The molecule has 11 nitrogen and oxygen atoms in total. The molecule has 1 aromatic carbocycles. The van der Waals surface area contributed by atoms with Crippen LogP contribution < -0.4 is 4.74 Å². The minimum absolute atomic E-state index is 0.104. The van der Waals surface area contributed by atoms with Gasteiger partial charge in [-0.25, -0.2) is 4.79 Å². The van der Waals surface area contributed by atoms with Crippen LogP contribution in [-0.2, 0) is 18.9 Å². The van der Waals surface area contributed by atoms with Crippen LogP contribution in [0.15, 0.2) is 36.6 Å². The minimum atomic E-state index is -1.62. The average Bonchev–Trinajstić information content (AvgIpc) is 3.09. The van der Waals surface area contributed by atoms with E-state index in [-0.39, 0.29) is 6.42 Å². The lowest BCUT2D eigenvalue weighted by molar-refractivity contribution is -0.346. The molecule has 2 fully saturated rings. The molecule has 0 spiro atoms. The molecule has 0 amide bonds. The van der Waals surface area contributed by atoms with E-state index in [1.807, 2.05) is 0 Å². The molecule has 4 rings (SSSR count). The zero-order chi connectivity index (χ0) is 24.6. The molecule has 2 aliphatic heterocycles. The standard InChI is InChI=1S/C23H30O11/c1-23(29)9-14(32-20(28)11-3-5-12(30-2)6-4-11)13-7-8-31-21(16(13)23)34-22-19(27)18(26)17(25)15(10-24)33-22/h3-8,13-19,21-22,24-27,29H,9-10H2,1-2H3/t13-,14+,15+,16+,17+,18-,19+,21-,22-,23-/m0/s1. The van der Waals surface area contributed by atoms with Crippen molar-refractivity contribution in [1.29, 1.82) is 0 Å². The predicted octanol–water partition coefficient (Wildman–Crippen LogP) is -0.706. The van der Waals surface area contributed by atoms with Crippen LogP contribution in [0, 0.1) is 11.8 Å². The number of hydrogen-bond acceptors (Lipinski definition) is 11. The molecule has 1 saturated carbocycles. The van der Waals surface area contributed by atoms with Crippen LogP contribution in [0.5, 0.6) is 5.75 Å². The molecule has 34 heavy (non-hydrogen) atoms. The van der Waals surface area contributed by atoms with Gasteiger partial charge >= 0.3 is 5.97 Å². The van der Waals surface area contributed by atoms with E-state index in [1.54, 1.807) is 37.3 Å². The third kappa shape index (κ3) is 4.65. The van der Waals surface area contributed by atoms with E-state index in [4.69, 9.17) is 23.7 Å². The van der Waals surface area contributed by atoms with E-state index in [9.17, 15) is 30.3 Å². The Morgan fingerprint density at radius 3 is 2.47 bits per heavy atom. The molecule has 2 heterocycles. The van der Waals surface area contributed by atoms with Crippen LogP contribution in [0.1, 0.15) is 23.7 Å². The number of aliphatic hydroxyl groups is 5. The smallest absolute Gasteiger partial charge is 0.338 e. The molecule has 3 aliphatic rings. The normalized spacial score (nSPS) is 41.4. The molecule has 1 aliphatic carbocycles. The van der Waals surface area contributed by atoms with E-state index < -0.39 is 73.1 Å². The molecule has 0 bridgehead atoms. The van der Waals surface area contributed by atoms with Gasteiger partial charge in [0.1, 0.15) is 36.3 Å². The van der Waals surface area contributed by atoms with Gasteiger partial charge < -0.3 is 49.2 Å². The summed E-state index contributed by atoms with van der Waals surface area (Å²) in [5, 5.41) is 50.8. The summed E-state index contributed by atoms with van der Waals surface area (Å²) in [6, 6.07) is 6.44. The number of benzene rings is 1. The molecule has 11 heteroatoms. The Labute approximate surface area is 196 Å². The quantitative estimate of drug-likeness (QED) is 0.326. The van der Waals surface area contributed by atoms with Gasteiger partial charge in [0.05, 0.1) is 37.1 Å². The lowest BCUT2D eigenvalue weighted by Crippen LogP contribution is -2.60. The first-order valence-corrected chi connectivity index (χ1v) is 11.0. The maximum atomic E-state index is 12.7. The van der Waals surface area contributed by atoms with Crippen molar-refractivity contribution in [3.8, 4) is 5.75 Å². The maximum Gasteiger partial charge on any atom is 0.338 e. The van der Waals surface area contributed by atoms with Crippen LogP contribution in [0.2, 0.25) is 0 Å². The molecule has 5 N–H and O–H groups in total. The summed E-state index contributed by atoms with van der Waals surface area (Å²) in [6.07, 6.45) is -6.05. The van der Waals surface area contributed by atoms with Crippen molar-refractivity contribution in [2.45, 2.75) is 62.0 Å². The maximum absolute atomic E-state index is 12.7. The van der Waals surface area contributed by atoms with Crippen LogP contribution >= 0.6 is 0 Å². The molecule has 10 atom stereocenters. The molecule has 188 valence electrons. The number of methoxy groups -OCH3 is 1. The third-order valence-corrected chi connectivity index (χ3v) is 6.68. The molecular weight excluding hydrogens is 452 g/mol. The summed E-state index contributed by atoms with van der Waals surface area (Å²) >= 11 is 0. The fourth-order valence-corrected chi connectivity index (χ4v) is 4.82. The third-order valence-electron chi connectivity index (χ3n) is 6.68. The van der Waals surface area contributed by atoms with Crippen molar-refractivity contribution >= 4 is 5.97 Å². The number of hydrogen-bond donors (Lipinski definition) is 5. The Kier molecular flexibility index (Phi) is 7.15. The van der Waals surface area contributed by atoms with E-state index in [2.05, 4.69) is 0 Å². The highest BCUT2D eigenvalue weighted by Crippen LogP contribution is 2.48. The Morgan fingerprint density at radius 2 is 1.82 bits per heavy atom. The summed E-state index contributed by atoms with van der Waals surface area (Å²) in [7, 11) is 1.52. The summed E-state index contributed by atoms with van der Waals surface area (Å²) in [4.78, 5) is 12.7. The molecule has 0 unspecified atom stereocenters. The second kappa shape index (κ2) is 9.78. The molecule has 0 aromatic heterocycles.